The number of amides is 1. The highest BCUT2D eigenvalue weighted by Crippen LogP contribution is 2.29. The fraction of sp³-hybridized carbons (Fsp3) is 0.611. The van der Waals surface area contributed by atoms with Crippen molar-refractivity contribution in [3.8, 4) is 0 Å². The van der Waals surface area contributed by atoms with Gasteiger partial charge in [-0.05, 0) is 69.3 Å². The number of halogens is 4. The Morgan fingerprint density at radius 1 is 1.24 bits per heavy atom. The van der Waals surface area contributed by atoms with Crippen molar-refractivity contribution in [1.82, 2.24) is 10.6 Å². The van der Waals surface area contributed by atoms with Gasteiger partial charge in [-0.3, -0.25) is 4.79 Å². The van der Waals surface area contributed by atoms with Gasteiger partial charge in [-0.2, -0.15) is 13.2 Å². The van der Waals surface area contributed by atoms with Crippen LogP contribution in [0.2, 0.25) is 0 Å². The van der Waals surface area contributed by atoms with Gasteiger partial charge in [0, 0.05) is 12.5 Å². The van der Waals surface area contributed by atoms with Crippen LogP contribution in [0.3, 0.4) is 0 Å². The van der Waals surface area contributed by atoms with Crippen molar-refractivity contribution in [2.45, 2.75) is 51.2 Å². The lowest BCUT2D eigenvalue weighted by atomic mass is 9.93. The molecule has 1 aliphatic heterocycles. The molecule has 1 aromatic rings. The first-order valence-electron chi connectivity index (χ1n) is 8.51. The molecule has 1 aliphatic rings. The molecule has 142 valence electrons. The van der Waals surface area contributed by atoms with Crippen molar-refractivity contribution in [3.63, 3.8) is 0 Å². The van der Waals surface area contributed by atoms with Crippen molar-refractivity contribution in [2.75, 3.05) is 13.1 Å². The van der Waals surface area contributed by atoms with E-state index in [1.54, 1.807) is 0 Å². The van der Waals surface area contributed by atoms with Gasteiger partial charge in [-0.1, -0.05) is 12.1 Å². The standard InChI is InChI=1S/C18H25F3N2O.ClH/c1-13(12-15-2-5-16(6-3-15)18(19,20)21)23-17(24)7-4-14-8-10-22-11-9-14;/h2-3,5-6,13-14,22H,4,7-12H2,1H3,(H,23,24);1H. The van der Waals surface area contributed by atoms with Gasteiger partial charge in [0.2, 0.25) is 5.91 Å². The van der Waals surface area contributed by atoms with Crippen molar-refractivity contribution in [3.05, 3.63) is 35.4 Å². The van der Waals surface area contributed by atoms with Crippen molar-refractivity contribution >= 4 is 18.3 Å². The first kappa shape index (κ1) is 21.8. The zero-order chi connectivity index (χ0) is 17.6. The quantitative estimate of drug-likeness (QED) is 0.786. The minimum atomic E-state index is -4.31. The molecule has 1 saturated heterocycles. The Morgan fingerprint density at radius 2 is 1.84 bits per heavy atom. The molecule has 1 unspecified atom stereocenters. The van der Waals surface area contributed by atoms with Crippen LogP contribution in [0.15, 0.2) is 24.3 Å². The summed E-state index contributed by atoms with van der Waals surface area (Å²) in [6.45, 7) is 3.92. The molecule has 1 atom stereocenters. The maximum atomic E-state index is 12.5. The summed E-state index contributed by atoms with van der Waals surface area (Å²) < 4.78 is 37.6. The fourth-order valence-electron chi connectivity index (χ4n) is 3.09. The third-order valence-electron chi connectivity index (χ3n) is 4.47. The molecule has 0 saturated carbocycles. The SMILES string of the molecule is CC(Cc1ccc(C(F)(F)F)cc1)NC(=O)CCC1CCNCC1.Cl. The van der Waals surface area contributed by atoms with E-state index in [2.05, 4.69) is 10.6 Å². The monoisotopic (exact) mass is 378 g/mol. The number of nitrogens with one attached hydrogen (secondary N) is 2. The molecule has 7 heteroatoms. The summed E-state index contributed by atoms with van der Waals surface area (Å²) in [5, 5.41) is 6.24. The van der Waals surface area contributed by atoms with Gasteiger partial charge in [0.05, 0.1) is 5.56 Å². The first-order valence-corrected chi connectivity index (χ1v) is 8.51. The molecule has 0 radical (unpaired) electrons. The molecule has 2 rings (SSSR count). The molecule has 0 spiro atoms. The number of carbonyl (C=O) groups excluding carboxylic acids is 1. The van der Waals surface area contributed by atoms with Crippen LogP contribution in [0.1, 0.15) is 43.7 Å². The van der Waals surface area contributed by atoms with Gasteiger partial charge >= 0.3 is 6.18 Å². The largest absolute Gasteiger partial charge is 0.416 e. The number of rotatable bonds is 6. The summed E-state index contributed by atoms with van der Waals surface area (Å²) >= 11 is 0. The van der Waals surface area contributed by atoms with E-state index >= 15 is 0 Å². The van der Waals surface area contributed by atoms with Crippen LogP contribution in [0, 0.1) is 5.92 Å². The normalized spacial score (nSPS) is 16.8. The second kappa shape index (κ2) is 10.0. The number of piperidine rings is 1. The van der Waals surface area contributed by atoms with Crippen molar-refractivity contribution in [1.29, 1.82) is 0 Å². The lowest BCUT2D eigenvalue weighted by molar-refractivity contribution is -0.137. The average molecular weight is 379 g/mol. The number of hydrogen-bond acceptors (Lipinski definition) is 2. The van der Waals surface area contributed by atoms with Crippen LogP contribution in [0.5, 0.6) is 0 Å². The summed E-state index contributed by atoms with van der Waals surface area (Å²) in [6, 6.07) is 5.02. The van der Waals surface area contributed by atoms with Crippen molar-refractivity contribution < 1.29 is 18.0 Å². The van der Waals surface area contributed by atoms with Gasteiger partial charge in [0.1, 0.15) is 0 Å². The van der Waals surface area contributed by atoms with E-state index in [0.717, 1.165) is 50.0 Å². The Balaban J connectivity index is 0.00000312. The molecule has 2 N–H and O–H groups in total. The summed E-state index contributed by atoms with van der Waals surface area (Å²) in [5.74, 6) is 0.634. The zero-order valence-corrected chi connectivity index (χ0v) is 15.2. The van der Waals surface area contributed by atoms with Gasteiger partial charge in [0.15, 0.2) is 0 Å². The van der Waals surface area contributed by atoms with Crippen molar-refractivity contribution in [2.24, 2.45) is 5.92 Å². The summed E-state index contributed by atoms with van der Waals surface area (Å²) in [5.41, 5.74) is 0.138. The molecule has 0 bridgehead atoms. The van der Waals surface area contributed by atoms with E-state index in [9.17, 15) is 18.0 Å². The minimum absolute atomic E-state index is 0. The fourth-order valence-corrected chi connectivity index (χ4v) is 3.09. The van der Waals surface area contributed by atoms with Crippen LogP contribution in [-0.2, 0) is 17.4 Å². The number of benzene rings is 1. The first-order chi connectivity index (χ1) is 11.3. The maximum Gasteiger partial charge on any atom is 0.416 e. The van der Waals surface area contributed by atoms with E-state index < -0.39 is 11.7 Å². The second-order valence-electron chi connectivity index (χ2n) is 6.60. The molecule has 1 fully saturated rings. The van der Waals surface area contributed by atoms with E-state index in [0.29, 0.717) is 18.8 Å². The topological polar surface area (TPSA) is 41.1 Å². The molecule has 0 aromatic heterocycles. The lowest BCUT2D eigenvalue weighted by Gasteiger charge is -2.22. The number of carbonyl (C=O) groups is 1. The predicted octanol–water partition coefficient (Wildman–Crippen LogP) is 3.95. The third-order valence-corrected chi connectivity index (χ3v) is 4.47. The molecule has 25 heavy (non-hydrogen) atoms. The molecule has 3 nitrogen and oxygen atoms in total. The summed E-state index contributed by atoms with van der Waals surface area (Å²) in [6.07, 6.45) is -0.129. The maximum absolute atomic E-state index is 12.5. The molecule has 1 heterocycles. The Morgan fingerprint density at radius 3 is 2.40 bits per heavy atom. The Kier molecular flexibility index (Phi) is 8.73. The van der Waals surface area contributed by atoms with Gasteiger partial charge in [-0.15, -0.1) is 12.4 Å². The van der Waals surface area contributed by atoms with Crippen LogP contribution in [0.25, 0.3) is 0 Å². The average Bonchev–Trinajstić information content (AvgIpc) is 2.53. The van der Waals surface area contributed by atoms with E-state index in [-0.39, 0.29) is 24.4 Å². The molecule has 0 aliphatic carbocycles. The van der Waals surface area contributed by atoms with Gasteiger partial charge in [0.25, 0.3) is 0 Å². The molecular weight excluding hydrogens is 353 g/mol. The predicted molar refractivity (Wildman–Crippen MR) is 94.8 cm³/mol. The molecule has 1 aromatic carbocycles. The van der Waals surface area contributed by atoms with Crippen LogP contribution >= 0.6 is 12.4 Å². The smallest absolute Gasteiger partial charge is 0.353 e. The molecule has 1 amide bonds. The Labute approximate surface area is 153 Å². The summed E-state index contributed by atoms with van der Waals surface area (Å²) in [7, 11) is 0. The van der Waals surface area contributed by atoms with Crippen LogP contribution in [-0.4, -0.2) is 25.0 Å². The third kappa shape index (κ3) is 7.65. The second-order valence-corrected chi connectivity index (χ2v) is 6.60. The molecular formula is C18H26ClF3N2O. The number of hydrogen-bond donors (Lipinski definition) is 2. The highest BCUT2D eigenvalue weighted by Gasteiger charge is 2.29. The summed E-state index contributed by atoms with van der Waals surface area (Å²) in [4.78, 5) is 12.0. The van der Waals surface area contributed by atoms with Crippen LogP contribution < -0.4 is 10.6 Å². The Hall–Kier alpha value is -1.27. The van der Waals surface area contributed by atoms with Gasteiger partial charge < -0.3 is 10.6 Å². The highest BCUT2D eigenvalue weighted by atomic mass is 35.5. The van der Waals surface area contributed by atoms with Gasteiger partial charge in [-0.25, -0.2) is 0 Å². The Bertz CT molecular complexity index is 528. The highest BCUT2D eigenvalue weighted by molar-refractivity contribution is 5.85. The number of alkyl halides is 3. The lowest BCUT2D eigenvalue weighted by Crippen LogP contribution is -2.35. The van der Waals surface area contributed by atoms with E-state index in [4.69, 9.17) is 0 Å². The minimum Gasteiger partial charge on any atom is -0.353 e. The van der Waals surface area contributed by atoms with Crippen LogP contribution in [0.4, 0.5) is 13.2 Å². The van der Waals surface area contributed by atoms with E-state index in [1.165, 1.54) is 12.1 Å². The zero-order valence-electron chi connectivity index (χ0n) is 14.4. The van der Waals surface area contributed by atoms with E-state index in [1.807, 2.05) is 6.92 Å².